The van der Waals surface area contributed by atoms with Gasteiger partial charge in [0.15, 0.2) is 0 Å². The maximum absolute atomic E-state index is 11.2. The van der Waals surface area contributed by atoms with Crippen LogP contribution < -0.4 is 5.32 Å². The molecule has 0 unspecified atom stereocenters. The van der Waals surface area contributed by atoms with Crippen molar-refractivity contribution in [3.05, 3.63) is 0 Å². The Kier molecular flexibility index (Phi) is 5.92. The summed E-state index contributed by atoms with van der Waals surface area (Å²) in [6, 6.07) is -0.742. The Morgan fingerprint density at radius 1 is 1.36 bits per heavy atom. The molecule has 2 N–H and O–H groups in total. The second-order valence-corrected chi connectivity index (χ2v) is 3.84. The van der Waals surface area contributed by atoms with Crippen molar-refractivity contribution >= 4 is 11.9 Å². The SMILES string of the molecule is CCCC(=O)N[C@H](CC(C)C)C(=O)O. The van der Waals surface area contributed by atoms with Crippen LogP contribution in [0.25, 0.3) is 0 Å². The molecule has 1 atom stereocenters. The van der Waals surface area contributed by atoms with Crippen LogP contribution >= 0.6 is 0 Å². The molecule has 14 heavy (non-hydrogen) atoms. The molecule has 0 aliphatic carbocycles. The lowest BCUT2D eigenvalue weighted by Gasteiger charge is -2.16. The fourth-order valence-corrected chi connectivity index (χ4v) is 1.19. The van der Waals surface area contributed by atoms with Crippen molar-refractivity contribution in [3.8, 4) is 0 Å². The molecule has 0 aromatic carbocycles. The third-order valence-electron chi connectivity index (χ3n) is 1.82. The number of aliphatic carboxylic acids is 1. The lowest BCUT2D eigenvalue weighted by Crippen LogP contribution is -2.41. The van der Waals surface area contributed by atoms with Gasteiger partial charge in [-0.25, -0.2) is 4.79 Å². The summed E-state index contributed by atoms with van der Waals surface area (Å²) >= 11 is 0. The maximum atomic E-state index is 11.2. The fourth-order valence-electron chi connectivity index (χ4n) is 1.19. The van der Waals surface area contributed by atoms with Gasteiger partial charge in [0.1, 0.15) is 6.04 Å². The summed E-state index contributed by atoms with van der Waals surface area (Å²) in [6.07, 6.45) is 1.60. The Bertz CT molecular complexity index is 202. The highest BCUT2D eigenvalue weighted by Gasteiger charge is 2.20. The third kappa shape index (κ3) is 5.56. The van der Waals surface area contributed by atoms with E-state index in [0.29, 0.717) is 12.8 Å². The Labute approximate surface area is 84.7 Å². The van der Waals surface area contributed by atoms with Crippen molar-refractivity contribution in [2.24, 2.45) is 5.92 Å². The first-order valence-corrected chi connectivity index (χ1v) is 4.99. The van der Waals surface area contributed by atoms with Crippen LogP contribution in [0.3, 0.4) is 0 Å². The van der Waals surface area contributed by atoms with E-state index in [1.54, 1.807) is 0 Å². The van der Waals surface area contributed by atoms with Crippen molar-refractivity contribution in [2.45, 2.75) is 46.1 Å². The van der Waals surface area contributed by atoms with Crippen molar-refractivity contribution in [3.63, 3.8) is 0 Å². The summed E-state index contributed by atoms with van der Waals surface area (Å²) in [5.41, 5.74) is 0. The predicted octanol–water partition coefficient (Wildman–Crippen LogP) is 1.40. The molecule has 4 heteroatoms. The molecule has 0 saturated carbocycles. The standard InChI is InChI=1S/C10H19NO3/c1-4-5-9(12)11-8(10(13)14)6-7(2)3/h7-8H,4-6H2,1-3H3,(H,11,12)(H,13,14)/t8-/m1/s1. The fraction of sp³-hybridized carbons (Fsp3) is 0.800. The smallest absolute Gasteiger partial charge is 0.326 e. The molecule has 0 spiro atoms. The molecule has 0 rings (SSSR count). The Morgan fingerprint density at radius 3 is 2.29 bits per heavy atom. The molecule has 82 valence electrons. The van der Waals surface area contributed by atoms with Gasteiger partial charge >= 0.3 is 5.97 Å². The van der Waals surface area contributed by atoms with Crippen LogP contribution in [0.5, 0.6) is 0 Å². The number of carboxylic acids is 1. The monoisotopic (exact) mass is 201 g/mol. The topological polar surface area (TPSA) is 66.4 Å². The van der Waals surface area contributed by atoms with Crippen LogP contribution in [0.15, 0.2) is 0 Å². The van der Waals surface area contributed by atoms with Gasteiger partial charge in [0, 0.05) is 6.42 Å². The minimum Gasteiger partial charge on any atom is -0.480 e. The highest BCUT2D eigenvalue weighted by Crippen LogP contribution is 2.05. The summed E-state index contributed by atoms with van der Waals surface area (Å²) in [5, 5.41) is 11.3. The molecule has 0 aromatic rings. The molecule has 0 fully saturated rings. The van der Waals surface area contributed by atoms with E-state index in [-0.39, 0.29) is 11.8 Å². The predicted molar refractivity (Wildman–Crippen MR) is 53.9 cm³/mol. The number of hydrogen-bond acceptors (Lipinski definition) is 2. The largest absolute Gasteiger partial charge is 0.480 e. The van der Waals surface area contributed by atoms with Crippen molar-refractivity contribution in [1.82, 2.24) is 5.32 Å². The molecule has 0 bridgehead atoms. The minimum absolute atomic E-state index is 0.180. The highest BCUT2D eigenvalue weighted by atomic mass is 16.4. The molecule has 0 aliphatic heterocycles. The summed E-state index contributed by atoms with van der Waals surface area (Å²) < 4.78 is 0. The number of nitrogens with one attached hydrogen (secondary N) is 1. The Morgan fingerprint density at radius 2 is 1.93 bits per heavy atom. The van der Waals surface area contributed by atoms with E-state index in [0.717, 1.165) is 6.42 Å². The minimum atomic E-state index is -0.955. The molecule has 4 nitrogen and oxygen atoms in total. The first-order chi connectivity index (χ1) is 6.47. The lowest BCUT2D eigenvalue weighted by molar-refractivity contribution is -0.142. The molecule has 0 radical (unpaired) electrons. The van der Waals surface area contributed by atoms with Crippen LogP contribution in [0.4, 0.5) is 0 Å². The van der Waals surface area contributed by atoms with E-state index in [1.165, 1.54) is 0 Å². The number of carbonyl (C=O) groups excluding carboxylic acids is 1. The van der Waals surface area contributed by atoms with E-state index in [9.17, 15) is 9.59 Å². The zero-order valence-corrected chi connectivity index (χ0v) is 9.04. The molecule has 0 saturated heterocycles. The Balaban J connectivity index is 4.09. The van der Waals surface area contributed by atoms with Gasteiger partial charge in [-0.3, -0.25) is 4.79 Å². The summed E-state index contributed by atoms with van der Waals surface area (Å²) in [7, 11) is 0. The van der Waals surface area contributed by atoms with Gasteiger partial charge in [0.2, 0.25) is 5.91 Å². The average Bonchev–Trinajstić information content (AvgIpc) is 2.02. The number of rotatable bonds is 6. The number of hydrogen-bond donors (Lipinski definition) is 2. The van der Waals surface area contributed by atoms with Gasteiger partial charge in [-0.15, -0.1) is 0 Å². The van der Waals surface area contributed by atoms with Crippen molar-refractivity contribution in [1.29, 1.82) is 0 Å². The van der Waals surface area contributed by atoms with E-state index in [1.807, 2.05) is 20.8 Å². The summed E-state index contributed by atoms with van der Waals surface area (Å²) in [4.78, 5) is 21.9. The van der Waals surface area contributed by atoms with Gasteiger partial charge in [0.05, 0.1) is 0 Å². The van der Waals surface area contributed by atoms with Crippen molar-refractivity contribution in [2.75, 3.05) is 0 Å². The van der Waals surface area contributed by atoms with Gasteiger partial charge in [-0.2, -0.15) is 0 Å². The summed E-state index contributed by atoms with van der Waals surface area (Å²) in [6.45, 7) is 5.75. The number of carbonyl (C=O) groups is 2. The third-order valence-corrected chi connectivity index (χ3v) is 1.82. The number of carboxylic acid groups (broad SMARTS) is 1. The van der Waals surface area contributed by atoms with Crippen LogP contribution in [0.1, 0.15) is 40.0 Å². The van der Waals surface area contributed by atoms with E-state index in [4.69, 9.17) is 5.11 Å². The van der Waals surface area contributed by atoms with E-state index >= 15 is 0 Å². The Hall–Kier alpha value is -1.06. The second-order valence-electron chi connectivity index (χ2n) is 3.84. The summed E-state index contributed by atoms with van der Waals surface area (Å²) in [5.74, 6) is -0.873. The van der Waals surface area contributed by atoms with Gasteiger partial charge in [-0.1, -0.05) is 20.8 Å². The highest BCUT2D eigenvalue weighted by molar-refractivity contribution is 5.83. The van der Waals surface area contributed by atoms with Gasteiger partial charge < -0.3 is 10.4 Å². The van der Waals surface area contributed by atoms with Crippen LogP contribution in [-0.2, 0) is 9.59 Å². The maximum Gasteiger partial charge on any atom is 0.326 e. The van der Waals surface area contributed by atoms with Gasteiger partial charge in [-0.05, 0) is 18.8 Å². The average molecular weight is 201 g/mol. The van der Waals surface area contributed by atoms with E-state index in [2.05, 4.69) is 5.32 Å². The second kappa shape index (κ2) is 6.40. The van der Waals surface area contributed by atoms with Crippen LogP contribution in [-0.4, -0.2) is 23.0 Å². The zero-order valence-electron chi connectivity index (χ0n) is 9.04. The molecule has 1 amide bonds. The first-order valence-electron chi connectivity index (χ1n) is 4.99. The molecule has 0 heterocycles. The zero-order chi connectivity index (χ0) is 11.1. The van der Waals surface area contributed by atoms with E-state index < -0.39 is 12.0 Å². The normalized spacial score (nSPS) is 12.6. The van der Waals surface area contributed by atoms with Gasteiger partial charge in [0.25, 0.3) is 0 Å². The van der Waals surface area contributed by atoms with Crippen molar-refractivity contribution < 1.29 is 14.7 Å². The van der Waals surface area contributed by atoms with Crippen LogP contribution in [0.2, 0.25) is 0 Å². The quantitative estimate of drug-likeness (QED) is 0.682. The number of amides is 1. The first kappa shape index (κ1) is 12.9. The van der Waals surface area contributed by atoms with Crippen LogP contribution in [0, 0.1) is 5.92 Å². The lowest BCUT2D eigenvalue weighted by atomic mass is 10.0. The molecule has 0 aromatic heterocycles. The molecule has 0 aliphatic rings. The molecular weight excluding hydrogens is 182 g/mol. The molecular formula is C10H19NO3.